The van der Waals surface area contributed by atoms with Crippen LogP contribution in [0.4, 0.5) is 36.1 Å². The van der Waals surface area contributed by atoms with Gasteiger partial charge in [0.1, 0.15) is 17.4 Å². The first-order valence-electron chi connectivity index (χ1n) is 21.4. The largest absolute Gasteiger partial charge is 0.417 e. The van der Waals surface area contributed by atoms with Crippen molar-refractivity contribution in [1.29, 1.82) is 5.26 Å². The average Bonchev–Trinajstić information content (AvgIpc) is 3.26. The highest BCUT2D eigenvalue weighted by atomic mass is 19.4. The highest BCUT2D eigenvalue weighted by Crippen LogP contribution is 2.42. The summed E-state index contributed by atoms with van der Waals surface area (Å²) in [5.74, 6) is -0.215. The van der Waals surface area contributed by atoms with E-state index in [9.17, 15) is 32.3 Å². The number of pyridine rings is 1. The molecule has 1 atom stereocenters. The summed E-state index contributed by atoms with van der Waals surface area (Å²) in [7, 11) is 0. The third-order valence-electron chi connectivity index (χ3n) is 13.6. The van der Waals surface area contributed by atoms with Gasteiger partial charge in [-0.1, -0.05) is 5.21 Å². The molecule has 18 heteroatoms. The number of hydrogen-bond acceptors (Lipinski definition) is 12. The van der Waals surface area contributed by atoms with Crippen molar-refractivity contribution in [1.82, 2.24) is 30.2 Å². The lowest BCUT2D eigenvalue weighted by Gasteiger charge is -2.55. The number of carbonyl (C=O) groups is 3. The summed E-state index contributed by atoms with van der Waals surface area (Å²) in [6.45, 7) is 7.90. The Morgan fingerprint density at radius 3 is 2.19 bits per heavy atom. The second-order valence-corrected chi connectivity index (χ2v) is 17.6. The van der Waals surface area contributed by atoms with Crippen molar-refractivity contribution in [3.8, 4) is 6.07 Å². The van der Waals surface area contributed by atoms with Crippen LogP contribution in [-0.2, 0) is 20.6 Å². The van der Waals surface area contributed by atoms with Crippen molar-refractivity contribution >= 4 is 51.5 Å². The predicted octanol–water partition coefficient (Wildman–Crippen LogP) is 4.73. The number of piperidine rings is 4. The smallest absolute Gasteiger partial charge is 0.371 e. The highest BCUT2D eigenvalue weighted by Gasteiger charge is 2.45. The van der Waals surface area contributed by atoms with Crippen LogP contribution in [-0.4, -0.2) is 102 Å². The maximum atomic E-state index is 13.5. The van der Waals surface area contributed by atoms with Gasteiger partial charge in [-0.15, -0.1) is 5.10 Å². The molecule has 0 bridgehead atoms. The van der Waals surface area contributed by atoms with E-state index in [0.29, 0.717) is 59.7 Å². The second-order valence-electron chi connectivity index (χ2n) is 17.6. The zero-order chi connectivity index (χ0) is 43.2. The lowest BCUT2D eigenvalue weighted by molar-refractivity contribution is -0.138. The molecule has 62 heavy (non-hydrogen) atoms. The van der Waals surface area contributed by atoms with Gasteiger partial charge in [-0.2, -0.15) is 23.1 Å². The van der Waals surface area contributed by atoms with Crippen molar-refractivity contribution in [3.05, 3.63) is 76.2 Å². The number of alkyl halides is 3. The minimum atomic E-state index is -4.62. The Labute approximate surface area is 355 Å². The average molecular weight is 852 g/mol. The lowest BCUT2D eigenvalue weighted by atomic mass is 9.71. The number of nitrogens with one attached hydrogen (secondary N) is 2. The molecule has 5 aliphatic heterocycles. The molecule has 324 valence electrons. The molecule has 5 fully saturated rings. The first-order valence-corrected chi connectivity index (χ1v) is 21.4. The fourth-order valence-corrected chi connectivity index (χ4v) is 10.0. The molecule has 15 nitrogen and oxygen atoms in total. The first-order chi connectivity index (χ1) is 29.8. The van der Waals surface area contributed by atoms with E-state index in [2.05, 4.69) is 40.6 Å². The molecular weight excluding hydrogens is 804 g/mol. The number of imide groups is 1. The minimum Gasteiger partial charge on any atom is -0.371 e. The van der Waals surface area contributed by atoms with Crippen molar-refractivity contribution < 1.29 is 27.6 Å². The number of anilines is 4. The van der Waals surface area contributed by atoms with E-state index in [1.807, 2.05) is 29.2 Å². The molecule has 1 spiro atoms. The van der Waals surface area contributed by atoms with Gasteiger partial charge in [-0.25, -0.2) is 4.98 Å². The van der Waals surface area contributed by atoms with E-state index < -0.39 is 34.8 Å². The summed E-state index contributed by atoms with van der Waals surface area (Å²) >= 11 is 0. The van der Waals surface area contributed by atoms with Crippen LogP contribution < -0.4 is 30.9 Å². The van der Waals surface area contributed by atoms with E-state index in [1.54, 1.807) is 18.3 Å². The fraction of sp³-hybridized carbons (Fsp3) is 0.500. The Morgan fingerprint density at radius 2 is 1.52 bits per heavy atom. The standard InChI is InChI=1S/C44H48F3N11O4/c45-44(46,47)35-21-31(2-1-30(35)23-48)55-17-11-29(12-18-55)40(60)50-38-7-4-33(24-49-38)56-15-9-28(10-16-56)25-54-26-43(27-54)13-19-57(20-14-43)32-3-5-34-36(22-32)52-53-58(42(34)62)37-6-8-39(59)51-41(37)61/h1-5,7,21-22,24,28-29,37H,6,8-20,25-27H2,(H,49,50,60)(H,51,59,61). The van der Waals surface area contributed by atoms with Gasteiger partial charge in [-0.05, 0) is 105 Å². The normalized spacial score (nSPS) is 21.5. The fourth-order valence-electron chi connectivity index (χ4n) is 10.0. The third-order valence-corrected chi connectivity index (χ3v) is 13.6. The Morgan fingerprint density at radius 1 is 0.855 bits per heavy atom. The number of nitriles is 1. The Kier molecular flexibility index (Phi) is 11.1. The molecule has 5 saturated heterocycles. The Balaban J connectivity index is 0.693. The molecule has 3 amide bonds. The van der Waals surface area contributed by atoms with Gasteiger partial charge in [0.05, 0.1) is 34.5 Å². The number of aromatic nitrogens is 4. The zero-order valence-electron chi connectivity index (χ0n) is 34.2. The third kappa shape index (κ3) is 8.42. The van der Waals surface area contributed by atoms with E-state index in [1.165, 1.54) is 12.1 Å². The van der Waals surface area contributed by atoms with Crippen LogP contribution in [0.2, 0.25) is 0 Å². The number of fused-ring (bicyclic) bond motifs is 1. The zero-order valence-corrected chi connectivity index (χ0v) is 34.2. The summed E-state index contributed by atoms with van der Waals surface area (Å²) in [4.78, 5) is 63.9. The van der Waals surface area contributed by atoms with Crippen molar-refractivity contribution in [2.45, 2.75) is 63.6 Å². The number of nitrogens with zero attached hydrogens (tertiary/aromatic N) is 9. The summed E-state index contributed by atoms with van der Waals surface area (Å²) in [6, 6.07) is 13.9. The van der Waals surface area contributed by atoms with E-state index >= 15 is 0 Å². The quantitative estimate of drug-likeness (QED) is 0.234. The number of benzene rings is 2. The van der Waals surface area contributed by atoms with Gasteiger partial charge in [0.2, 0.25) is 11.8 Å². The van der Waals surface area contributed by atoms with Gasteiger partial charge in [0.25, 0.3) is 11.5 Å². The van der Waals surface area contributed by atoms with Crippen molar-refractivity contribution in [2.75, 3.05) is 78.9 Å². The van der Waals surface area contributed by atoms with Gasteiger partial charge >= 0.3 is 6.18 Å². The SMILES string of the molecule is N#Cc1ccc(N2CCC(C(=O)Nc3ccc(N4CCC(CN5CC6(CCN(c7ccc8c(=O)n(C9CCC(=O)NC9=O)nnc8c7)CC6)C5)CC4)cn3)CC2)cc1C(F)(F)F. The predicted molar refractivity (Wildman–Crippen MR) is 224 cm³/mol. The van der Waals surface area contributed by atoms with Crippen molar-refractivity contribution in [3.63, 3.8) is 0 Å². The molecule has 2 aromatic heterocycles. The number of likely N-dealkylation sites (tertiary alicyclic amines) is 1. The molecule has 4 aromatic rings. The minimum absolute atomic E-state index is 0.149. The monoisotopic (exact) mass is 851 g/mol. The van der Waals surface area contributed by atoms with Gasteiger partial charge in [0.15, 0.2) is 0 Å². The van der Waals surface area contributed by atoms with Crippen LogP contribution in [0, 0.1) is 28.6 Å². The second kappa shape index (κ2) is 16.6. The molecule has 0 radical (unpaired) electrons. The van der Waals surface area contributed by atoms with Crippen molar-refractivity contribution in [2.24, 2.45) is 17.3 Å². The van der Waals surface area contributed by atoms with Crippen LogP contribution in [0.1, 0.15) is 68.5 Å². The molecule has 2 aromatic carbocycles. The number of hydrogen-bond donors (Lipinski definition) is 2. The molecule has 0 saturated carbocycles. The Hall–Kier alpha value is -6.09. The Bertz CT molecular complexity index is 2460. The first kappa shape index (κ1) is 41.3. The van der Waals surface area contributed by atoms with E-state index in [4.69, 9.17) is 5.26 Å². The van der Waals surface area contributed by atoms with E-state index in [0.717, 1.165) is 93.6 Å². The molecule has 0 aliphatic carbocycles. The number of halogens is 3. The summed E-state index contributed by atoms with van der Waals surface area (Å²) < 4.78 is 41.5. The maximum absolute atomic E-state index is 13.5. The molecule has 2 N–H and O–H groups in total. The summed E-state index contributed by atoms with van der Waals surface area (Å²) in [5, 5.41) is 23.1. The van der Waals surface area contributed by atoms with Crippen LogP contribution in [0.15, 0.2) is 59.5 Å². The van der Waals surface area contributed by atoms with Gasteiger partial charge in [-0.3, -0.25) is 24.5 Å². The molecule has 1 unspecified atom stereocenters. The topological polar surface area (TPSA) is 173 Å². The lowest BCUT2D eigenvalue weighted by Crippen LogP contribution is -2.61. The van der Waals surface area contributed by atoms with Crippen LogP contribution in [0.25, 0.3) is 10.9 Å². The number of amides is 3. The van der Waals surface area contributed by atoms with Crippen LogP contribution >= 0.6 is 0 Å². The molecule has 5 aliphatic rings. The molecule has 9 rings (SSSR count). The molecular formula is C44H48F3N11O4. The maximum Gasteiger partial charge on any atom is 0.417 e. The summed E-state index contributed by atoms with van der Waals surface area (Å²) in [5.41, 5.74) is 1.49. The summed E-state index contributed by atoms with van der Waals surface area (Å²) in [6.07, 6.45) is 2.92. The number of carbonyl (C=O) groups excluding carboxylic acids is 3. The van der Waals surface area contributed by atoms with Gasteiger partial charge in [0, 0.05) is 82.6 Å². The number of rotatable bonds is 8. The van der Waals surface area contributed by atoms with Gasteiger partial charge < -0.3 is 24.9 Å². The molecule has 7 heterocycles. The van der Waals surface area contributed by atoms with E-state index in [-0.39, 0.29) is 30.6 Å². The van der Waals surface area contributed by atoms with Crippen LogP contribution in [0.5, 0.6) is 0 Å². The highest BCUT2D eigenvalue weighted by molar-refractivity contribution is 5.99. The van der Waals surface area contributed by atoms with Crippen LogP contribution in [0.3, 0.4) is 0 Å².